The number of aromatic nitrogens is 1. The van der Waals surface area contributed by atoms with Gasteiger partial charge in [-0.3, -0.25) is 9.78 Å². The first kappa shape index (κ1) is 15.0. The molecule has 3 aromatic rings. The summed E-state index contributed by atoms with van der Waals surface area (Å²) in [5, 5.41) is 4.39. The van der Waals surface area contributed by atoms with Gasteiger partial charge in [0.05, 0.1) is 18.3 Å². The Kier molecular flexibility index (Phi) is 4.52. The van der Waals surface area contributed by atoms with Crippen molar-refractivity contribution in [1.29, 1.82) is 0 Å². The maximum atomic E-state index is 12.2. The normalized spacial score (nSPS) is 10.5. The molecule has 0 bridgehead atoms. The quantitative estimate of drug-likeness (QED) is 0.701. The number of methoxy groups -OCH3 is 1. The lowest BCUT2D eigenvalue weighted by Crippen LogP contribution is -2.09. The van der Waals surface area contributed by atoms with Crippen molar-refractivity contribution in [2.75, 3.05) is 19.0 Å². The first-order valence-corrected chi connectivity index (χ1v) is 7.53. The number of Topliss-reactive ketones (excluding diaryl/α,β-unsaturated/α-hetero) is 1. The third kappa shape index (κ3) is 3.48. The van der Waals surface area contributed by atoms with Crippen LogP contribution in [0.25, 0.3) is 10.9 Å². The molecule has 0 aliphatic heterocycles. The van der Waals surface area contributed by atoms with E-state index < -0.39 is 0 Å². The number of carbonyl (C=O) groups is 1. The molecule has 0 atom stereocenters. The Morgan fingerprint density at radius 1 is 1.09 bits per heavy atom. The highest BCUT2D eigenvalue weighted by atomic mass is 16.5. The van der Waals surface area contributed by atoms with Gasteiger partial charge in [-0.15, -0.1) is 0 Å². The number of nitrogens with zero attached hydrogens (tertiary/aromatic N) is 1. The zero-order chi connectivity index (χ0) is 16.1. The number of ether oxygens (including phenoxy) is 1. The van der Waals surface area contributed by atoms with E-state index in [0.29, 0.717) is 18.5 Å². The van der Waals surface area contributed by atoms with E-state index in [1.165, 1.54) is 0 Å². The fraction of sp³-hybridized carbons (Fsp3) is 0.158. The van der Waals surface area contributed by atoms with Crippen molar-refractivity contribution in [3.63, 3.8) is 0 Å². The average molecular weight is 306 g/mol. The second-order valence-corrected chi connectivity index (χ2v) is 5.21. The second-order valence-electron chi connectivity index (χ2n) is 5.21. The predicted molar refractivity (Wildman–Crippen MR) is 92.2 cm³/mol. The number of ketones is 1. The lowest BCUT2D eigenvalue weighted by Gasteiger charge is -2.09. The van der Waals surface area contributed by atoms with Crippen LogP contribution in [0.5, 0.6) is 5.75 Å². The van der Waals surface area contributed by atoms with Gasteiger partial charge >= 0.3 is 0 Å². The largest absolute Gasteiger partial charge is 0.497 e. The van der Waals surface area contributed by atoms with Gasteiger partial charge < -0.3 is 10.1 Å². The van der Waals surface area contributed by atoms with Crippen LogP contribution in [0.15, 0.2) is 60.8 Å². The van der Waals surface area contributed by atoms with Gasteiger partial charge in [0.15, 0.2) is 5.78 Å². The van der Waals surface area contributed by atoms with Crippen molar-refractivity contribution in [2.24, 2.45) is 0 Å². The molecule has 1 N–H and O–H groups in total. The molecular weight excluding hydrogens is 288 g/mol. The minimum atomic E-state index is 0.105. The topological polar surface area (TPSA) is 51.2 Å². The number of nitrogens with one attached hydrogen (secondary N) is 1. The molecule has 0 aliphatic carbocycles. The van der Waals surface area contributed by atoms with E-state index in [4.69, 9.17) is 4.74 Å². The highest BCUT2D eigenvalue weighted by Gasteiger charge is 2.07. The van der Waals surface area contributed by atoms with Gasteiger partial charge in [-0.05, 0) is 36.4 Å². The Bertz CT molecular complexity index is 808. The fourth-order valence-electron chi connectivity index (χ4n) is 2.48. The summed E-state index contributed by atoms with van der Waals surface area (Å²) in [6, 6.07) is 17.1. The van der Waals surface area contributed by atoms with Gasteiger partial charge in [0, 0.05) is 30.1 Å². The van der Waals surface area contributed by atoms with Crippen LogP contribution in [-0.4, -0.2) is 24.4 Å². The number of hydrogen-bond donors (Lipinski definition) is 1. The molecule has 0 unspecified atom stereocenters. The molecule has 1 aromatic heterocycles. The van der Waals surface area contributed by atoms with E-state index in [-0.39, 0.29) is 5.78 Å². The van der Waals surface area contributed by atoms with E-state index in [1.54, 1.807) is 37.6 Å². The first-order chi connectivity index (χ1) is 11.3. The molecule has 2 aromatic carbocycles. The second kappa shape index (κ2) is 6.92. The predicted octanol–water partition coefficient (Wildman–Crippen LogP) is 3.93. The molecule has 4 nitrogen and oxygen atoms in total. The summed E-state index contributed by atoms with van der Waals surface area (Å²) in [6.45, 7) is 0.570. The van der Waals surface area contributed by atoms with Gasteiger partial charge in [-0.25, -0.2) is 0 Å². The first-order valence-electron chi connectivity index (χ1n) is 7.53. The van der Waals surface area contributed by atoms with Crippen LogP contribution >= 0.6 is 0 Å². The third-order valence-electron chi connectivity index (χ3n) is 3.71. The van der Waals surface area contributed by atoms with Crippen LogP contribution < -0.4 is 10.1 Å². The number of pyridine rings is 1. The van der Waals surface area contributed by atoms with Crippen molar-refractivity contribution in [1.82, 2.24) is 4.98 Å². The molecule has 116 valence electrons. The van der Waals surface area contributed by atoms with Crippen molar-refractivity contribution < 1.29 is 9.53 Å². The molecule has 0 saturated carbocycles. The Balaban J connectivity index is 1.63. The van der Waals surface area contributed by atoms with Gasteiger partial charge in [0.1, 0.15) is 5.75 Å². The molecule has 0 radical (unpaired) electrons. The van der Waals surface area contributed by atoms with Gasteiger partial charge in [0.2, 0.25) is 0 Å². The lowest BCUT2D eigenvalue weighted by atomic mass is 10.1. The van der Waals surface area contributed by atoms with Crippen LogP contribution in [0.2, 0.25) is 0 Å². The molecular formula is C19H18N2O2. The smallest absolute Gasteiger partial charge is 0.164 e. The van der Waals surface area contributed by atoms with E-state index in [1.807, 2.05) is 30.3 Å². The maximum absolute atomic E-state index is 12.2. The SMILES string of the molecule is COc1ccc(C(=O)CCNc2cccc3cccnc23)cc1. The summed E-state index contributed by atoms with van der Waals surface area (Å²) in [6.07, 6.45) is 2.20. The summed E-state index contributed by atoms with van der Waals surface area (Å²) in [5.41, 5.74) is 2.57. The van der Waals surface area contributed by atoms with Crippen molar-refractivity contribution in [3.8, 4) is 5.75 Å². The minimum Gasteiger partial charge on any atom is -0.497 e. The summed E-state index contributed by atoms with van der Waals surface area (Å²) in [7, 11) is 1.61. The molecule has 1 heterocycles. The van der Waals surface area contributed by atoms with Gasteiger partial charge in [-0.2, -0.15) is 0 Å². The molecule has 0 fully saturated rings. The van der Waals surface area contributed by atoms with Crippen molar-refractivity contribution in [3.05, 3.63) is 66.4 Å². The van der Waals surface area contributed by atoms with E-state index >= 15 is 0 Å². The molecule has 0 spiro atoms. The number of carbonyl (C=O) groups excluding carboxylic acids is 1. The molecule has 4 heteroatoms. The Morgan fingerprint density at radius 2 is 1.87 bits per heavy atom. The number of anilines is 1. The number of para-hydroxylation sites is 1. The standard InChI is InChI=1S/C19H18N2O2/c1-23-16-9-7-14(8-10-16)18(22)11-13-20-17-6-2-4-15-5-3-12-21-19(15)17/h2-10,12,20H,11,13H2,1H3. The van der Waals surface area contributed by atoms with E-state index in [9.17, 15) is 4.79 Å². The number of rotatable bonds is 6. The highest BCUT2D eigenvalue weighted by molar-refractivity contribution is 5.96. The van der Waals surface area contributed by atoms with Gasteiger partial charge in [-0.1, -0.05) is 18.2 Å². The van der Waals surface area contributed by atoms with E-state index in [2.05, 4.69) is 10.3 Å². The molecule has 0 amide bonds. The Morgan fingerprint density at radius 3 is 2.65 bits per heavy atom. The molecule has 3 rings (SSSR count). The molecule has 23 heavy (non-hydrogen) atoms. The maximum Gasteiger partial charge on any atom is 0.164 e. The minimum absolute atomic E-state index is 0.105. The summed E-state index contributed by atoms with van der Waals surface area (Å²) < 4.78 is 5.10. The van der Waals surface area contributed by atoms with Crippen LogP contribution in [-0.2, 0) is 0 Å². The van der Waals surface area contributed by atoms with Crippen molar-refractivity contribution >= 4 is 22.4 Å². The van der Waals surface area contributed by atoms with Crippen LogP contribution in [0.4, 0.5) is 5.69 Å². The van der Waals surface area contributed by atoms with E-state index in [0.717, 1.165) is 22.3 Å². The van der Waals surface area contributed by atoms with Gasteiger partial charge in [0.25, 0.3) is 0 Å². The number of fused-ring (bicyclic) bond motifs is 1. The number of hydrogen-bond acceptors (Lipinski definition) is 4. The van der Waals surface area contributed by atoms with Crippen LogP contribution in [0.3, 0.4) is 0 Å². The third-order valence-corrected chi connectivity index (χ3v) is 3.71. The summed E-state index contributed by atoms with van der Waals surface area (Å²) in [5.74, 6) is 0.856. The lowest BCUT2D eigenvalue weighted by molar-refractivity contribution is 0.0986. The average Bonchev–Trinajstić information content (AvgIpc) is 2.62. The van der Waals surface area contributed by atoms with Crippen LogP contribution in [0, 0.1) is 0 Å². The van der Waals surface area contributed by atoms with Crippen LogP contribution in [0.1, 0.15) is 16.8 Å². The zero-order valence-electron chi connectivity index (χ0n) is 13.0. The fourth-order valence-corrected chi connectivity index (χ4v) is 2.48. The monoisotopic (exact) mass is 306 g/mol. The summed E-state index contributed by atoms with van der Waals surface area (Å²) in [4.78, 5) is 16.6. The zero-order valence-corrected chi connectivity index (χ0v) is 13.0. The summed E-state index contributed by atoms with van der Waals surface area (Å²) >= 11 is 0. The highest BCUT2D eigenvalue weighted by Crippen LogP contribution is 2.20. The van der Waals surface area contributed by atoms with Crippen molar-refractivity contribution in [2.45, 2.75) is 6.42 Å². The Labute approximate surface area is 135 Å². The number of benzene rings is 2. The molecule has 0 saturated heterocycles. The Hall–Kier alpha value is -2.88. The molecule has 0 aliphatic rings.